The molecule has 1 aromatic rings. The molecule has 2 nitrogen and oxygen atoms in total. The van der Waals surface area contributed by atoms with Gasteiger partial charge in [0.2, 0.25) is 0 Å². The Hall–Kier alpha value is -0.570. The van der Waals surface area contributed by atoms with Crippen molar-refractivity contribution in [3.8, 4) is 0 Å². The number of nitrogens with zero attached hydrogens (tertiary/aromatic N) is 1. The van der Waals surface area contributed by atoms with Crippen LogP contribution in [-0.2, 0) is 6.54 Å². The predicted octanol–water partition coefficient (Wildman–Crippen LogP) is 2.48. The Kier molecular flexibility index (Phi) is 5.30. The molecule has 1 unspecified atom stereocenters. The molecule has 0 radical (unpaired) electrons. The van der Waals surface area contributed by atoms with Crippen LogP contribution in [0.3, 0.4) is 0 Å². The van der Waals surface area contributed by atoms with Crippen LogP contribution in [0.5, 0.6) is 0 Å². The third kappa shape index (κ3) is 4.30. The molecule has 0 aromatic heterocycles. The summed E-state index contributed by atoms with van der Waals surface area (Å²) in [6.45, 7) is 4.33. The Bertz CT molecular complexity index is 313. The first-order chi connectivity index (χ1) is 8.38. The van der Waals surface area contributed by atoms with Gasteiger partial charge >= 0.3 is 0 Å². The van der Waals surface area contributed by atoms with Crippen molar-refractivity contribution in [2.45, 2.75) is 25.4 Å². The summed E-state index contributed by atoms with van der Waals surface area (Å²) < 4.78 is 0. The average Bonchev–Trinajstić information content (AvgIpc) is 2.39. The number of nitrogens with one attached hydrogen (secondary N) is 1. The fourth-order valence-corrected chi connectivity index (χ4v) is 2.64. The molecule has 0 aliphatic carbocycles. The standard InChI is InChI=1S/C14H21ClN2/c15-8-10-17-9-4-7-14(12-17)16-11-13-5-2-1-3-6-13/h1-3,5-6,14,16H,4,7-12H2. The Morgan fingerprint density at radius 1 is 1.29 bits per heavy atom. The number of hydrogen-bond donors (Lipinski definition) is 1. The molecular formula is C14H21ClN2. The molecule has 1 aliphatic rings. The Morgan fingerprint density at radius 2 is 2.12 bits per heavy atom. The van der Waals surface area contributed by atoms with Crippen LogP contribution in [-0.4, -0.2) is 36.5 Å². The van der Waals surface area contributed by atoms with Gasteiger partial charge in [0.05, 0.1) is 0 Å². The maximum absolute atomic E-state index is 5.79. The van der Waals surface area contributed by atoms with Crippen molar-refractivity contribution in [3.63, 3.8) is 0 Å². The van der Waals surface area contributed by atoms with Crippen LogP contribution in [0.4, 0.5) is 0 Å². The lowest BCUT2D eigenvalue weighted by Gasteiger charge is -2.32. The fraction of sp³-hybridized carbons (Fsp3) is 0.571. The van der Waals surface area contributed by atoms with Crippen LogP contribution in [0.25, 0.3) is 0 Å². The molecule has 2 rings (SSSR count). The second-order valence-corrected chi connectivity index (χ2v) is 5.07. The molecule has 1 fully saturated rings. The number of halogens is 1. The van der Waals surface area contributed by atoms with Gasteiger partial charge in [0, 0.05) is 31.6 Å². The minimum absolute atomic E-state index is 0.618. The van der Waals surface area contributed by atoms with E-state index in [0.29, 0.717) is 6.04 Å². The van der Waals surface area contributed by atoms with E-state index in [1.165, 1.54) is 24.9 Å². The summed E-state index contributed by atoms with van der Waals surface area (Å²) in [5.41, 5.74) is 1.36. The van der Waals surface area contributed by atoms with Crippen LogP contribution in [0.15, 0.2) is 30.3 Å². The number of piperidine rings is 1. The summed E-state index contributed by atoms with van der Waals surface area (Å²) in [5, 5.41) is 3.64. The van der Waals surface area contributed by atoms with E-state index < -0.39 is 0 Å². The molecule has 0 saturated carbocycles. The molecule has 1 aromatic carbocycles. The van der Waals surface area contributed by atoms with Gasteiger partial charge in [-0.2, -0.15) is 0 Å². The lowest BCUT2D eigenvalue weighted by molar-refractivity contribution is 0.199. The van der Waals surface area contributed by atoms with Gasteiger partial charge in [0.25, 0.3) is 0 Å². The summed E-state index contributed by atoms with van der Waals surface area (Å²) in [6, 6.07) is 11.2. The zero-order valence-electron chi connectivity index (χ0n) is 10.2. The molecule has 0 spiro atoms. The third-order valence-corrected chi connectivity index (χ3v) is 3.51. The maximum atomic E-state index is 5.79. The van der Waals surface area contributed by atoms with E-state index in [0.717, 1.165) is 25.5 Å². The van der Waals surface area contributed by atoms with Gasteiger partial charge in [-0.05, 0) is 24.9 Å². The normalized spacial score (nSPS) is 21.6. The van der Waals surface area contributed by atoms with Crippen molar-refractivity contribution in [1.29, 1.82) is 0 Å². The van der Waals surface area contributed by atoms with E-state index in [2.05, 4.69) is 40.5 Å². The van der Waals surface area contributed by atoms with E-state index >= 15 is 0 Å². The Labute approximate surface area is 109 Å². The number of rotatable bonds is 5. The zero-order valence-corrected chi connectivity index (χ0v) is 11.0. The Morgan fingerprint density at radius 3 is 2.88 bits per heavy atom. The molecule has 17 heavy (non-hydrogen) atoms. The first-order valence-electron chi connectivity index (χ1n) is 6.44. The SMILES string of the molecule is ClCCN1CCCC(NCc2ccccc2)C1. The van der Waals surface area contributed by atoms with Crippen molar-refractivity contribution in [1.82, 2.24) is 10.2 Å². The second-order valence-electron chi connectivity index (χ2n) is 4.70. The second kappa shape index (κ2) is 7.00. The first-order valence-corrected chi connectivity index (χ1v) is 6.97. The Balaban J connectivity index is 1.75. The molecule has 1 atom stereocenters. The maximum Gasteiger partial charge on any atom is 0.0351 e. The average molecular weight is 253 g/mol. The molecule has 94 valence electrons. The zero-order chi connectivity index (χ0) is 11.9. The largest absolute Gasteiger partial charge is 0.309 e. The highest BCUT2D eigenvalue weighted by Gasteiger charge is 2.18. The summed E-state index contributed by atoms with van der Waals surface area (Å²) in [4.78, 5) is 2.46. The lowest BCUT2D eigenvalue weighted by atomic mass is 10.1. The highest BCUT2D eigenvalue weighted by Crippen LogP contribution is 2.10. The topological polar surface area (TPSA) is 15.3 Å². The van der Waals surface area contributed by atoms with E-state index in [9.17, 15) is 0 Å². The summed E-state index contributed by atoms with van der Waals surface area (Å²) in [5.74, 6) is 0.741. The van der Waals surface area contributed by atoms with Crippen LogP contribution in [0, 0.1) is 0 Å². The van der Waals surface area contributed by atoms with E-state index in [4.69, 9.17) is 11.6 Å². The summed E-state index contributed by atoms with van der Waals surface area (Å²) >= 11 is 5.79. The van der Waals surface area contributed by atoms with Crippen molar-refractivity contribution < 1.29 is 0 Å². The van der Waals surface area contributed by atoms with Gasteiger partial charge in [-0.15, -0.1) is 11.6 Å². The number of alkyl halides is 1. The molecular weight excluding hydrogens is 232 g/mol. The van der Waals surface area contributed by atoms with E-state index in [-0.39, 0.29) is 0 Å². The van der Waals surface area contributed by atoms with Gasteiger partial charge < -0.3 is 10.2 Å². The van der Waals surface area contributed by atoms with Crippen LogP contribution in [0.1, 0.15) is 18.4 Å². The van der Waals surface area contributed by atoms with Gasteiger partial charge in [0.1, 0.15) is 0 Å². The first kappa shape index (κ1) is 12.9. The highest BCUT2D eigenvalue weighted by atomic mass is 35.5. The molecule has 1 N–H and O–H groups in total. The van der Waals surface area contributed by atoms with Gasteiger partial charge in [-0.1, -0.05) is 30.3 Å². The molecule has 0 amide bonds. The summed E-state index contributed by atoms with van der Waals surface area (Å²) in [6.07, 6.45) is 2.56. The van der Waals surface area contributed by atoms with Crippen LogP contribution in [0.2, 0.25) is 0 Å². The predicted molar refractivity (Wildman–Crippen MR) is 73.5 cm³/mol. The number of benzene rings is 1. The number of likely N-dealkylation sites (tertiary alicyclic amines) is 1. The van der Waals surface area contributed by atoms with E-state index in [1.54, 1.807) is 0 Å². The third-order valence-electron chi connectivity index (χ3n) is 3.34. The smallest absolute Gasteiger partial charge is 0.0351 e. The molecule has 0 bridgehead atoms. The van der Waals surface area contributed by atoms with Gasteiger partial charge in [0.15, 0.2) is 0 Å². The highest BCUT2D eigenvalue weighted by molar-refractivity contribution is 6.18. The molecule has 1 aliphatic heterocycles. The van der Waals surface area contributed by atoms with Crippen molar-refractivity contribution in [3.05, 3.63) is 35.9 Å². The number of hydrogen-bond acceptors (Lipinski definition) is 2. The quantitative estimate of drug-likeness (QED) is 0.810. The van der Waals surface area contributed by atoms with E-state index in [1.807, 2.05) is 0 Å². The van der Waals surface area contributed by atoms with Crippen LogP contribution >= 0.6 is 11.6 Å². The van der Waals surface area contributed by atoms with Crippen molar-refractivity contribution in [2.24, 2.45) is 0 Å². The van der Waals surface area contributed by atoms with Crippen molar-refractivity contribution in [2.75, 3.05) is 25.5 Å². The molecule has 1 heterocycles. The van der Waals surface area contributed by atoms with Crippen molar-refractivity contribution >= 4 is 11.6 Å². The van der Waals surface area contributed by atoms with Gasteiger partial charge in [-0.3, -0.25) is 0 Å². The fourth-order valence-electron chi connectivity index (χ4n) is 2.40. The van der Waals surface area contributed by atoms with Gasteiger partial charge in [-0.25, -0.2) is 0 Å². The van der Waals surface area contributed by atoms with Crippen LogP contribution < -0.4 is 5.32 Å². The lowest BCUT2D eigenvalue weighted by Crippen LogP contribution is -2.45. The minimum Gasteiger partial charge on any atom is -0.309 e. The molecule has 3 heteroatoms. The minimum atomic E-state index is 0.618. The monoisotopic (exact) mass is 252 g/mol. The molecule has 1 saturated heterocycles. The summed E-state index contributed by atoms with van der Waals surface area (Å²) in [7, 11) is 0.